The normalized spacial score (nSPS) is 36.5. The van der Waals surface area contributed by atoms with Crippen molar-refractivity contribution in [3.05, 3.63) is 0 Å². The number of rotatable bonds is 3. The highest BCUT2D eigenvalue weighted by Crippen LogP contribution is 2.24. The molecule has 0 radical (unpaired) electrons. The third-order valence-corrected chi connectivity index (χ3v) is 5.07. The second-order valence-electron chi connectivity index (χ2n) is 6.05. The van der Waals surface area contributed by atoms with E-state index in [1.165, 1.54) is 51.9 Å². The van der Waals surface area contributed by atoms with Crippen LogP contribution in [-0.2, 0) is 4.74 Å². The third kappa shape index (κ3) is 2.72. The van der Waals surface area contributed by atoms with Gasteiger partial charge >= 0.3 is 0 Å². The number of hydrogen-bond donors (Lipinski definition) is 1. The third-order valence-electron chi connectivity index (χ3n) is 5.07. The fraction of sp³-hybridized carbons (Fsp3) is 1.00. The molecule has 0 bridgehead atoms. The van der Waals surface area contributed by atoms with E-state index in [0.29, 0.717) is 0 Å². The molecule has 0 amide bonds. The van der Waals surface area contributed by atoms with E-state index in [0.717, 1.165) is 31.3 Å². The summed E-state index contributed by atoms with van der Waals surface area (Å²) in [5, 5.41) is 3.42. The van der Waals surface area contributed by atoms with Crippen LogP contribution in [0.3, 0.4) is 0 Å². The van der Waals surface area contributed by atoms with Crippen molar-refractivity contribution >= 4 is 0 Å². The fourth-order valence-electron chi connectivity index (χ4n) is 3.78. The predicted octanol–water partition coefficient (Wildman–Crippen LogP) is 0.533. The van der Waals surface area contributed by atoms with Crippen molar-refractivity contribution in [2.24, 2.45) is 0 Å². The first-order valence-electron chi connectivity index (χ1n) is 7.60. The summed E-state index contributed by atoms with van der Waals surface area (Å²) in [6.07, 6.45) is 5.28. The zero-order chi connectivity index (χ0) is 12.4. The molecule has 104 valence electrons. The first-order valence-corrected chi connectivity index (χ1v) is 7.60. The van der Waals surface area contributed by atoms with Crippen LogP contribution in [0.2, 0.25) is 0 Å². The second kappa shape index (κ2) is 5.87. The van der Waals surface area contributed by atoms with Crippen molar-refractivity contribution in [2.75, 3.05) is 46.4 Å². The molecule has 0 aromatic heterocycles. The molecule has 2 unspecified atom stereocenters. The van der Waals surface area contributed by atoms with Crippen molar-refractivity contribution in [2.45, 2.75) is 43.8 Å². The summed E-state index contributed by atoms with van der Waals surface area (Å²) in [4.78, 5) is 5.37. The zero-order valence-electron chi connectivity index (χ0n) is 11.6. The minimum absolute atomic E-state index is 0.717. The Bertz CT molecular complexity index is 260. The van der Waals surface area contributed by atoms with E-state index >= 15 is 0 Å². The van der Waals surface area contributed by atoms with Crippen molar-refractivity contribution in [3.63, 3.8) is 0 Å². The Morgan fingerprint density at radius 2 is 1.72 bits per heavy atom. The number of piperidine rings is 1. The van der Waals surface area contributed by atoms with Gasteiger partial charge in [0.2, 0.25) is 0 Å². The maximum atomic E-state index is 5.51. The number of hydrogen-bond acceptors (Lipinski definition) is 4. The summed E-state index contributed by atoms with van der Waals surface area (Å²) in [6.45, 7) is 7.05. The highest BCUT2D eigenvalue weighted by molar-refractivity contribution is 4.89. The second-order valence-corrected chi connectivity index (χ2v) is 6.05. The molecule has 3 rings (SSSR count). The standard InChI is InChI=1S/C14H27N3O/c1-15-12-2-6-17(10-12)13-3-7-16(8-4-13)14-5-9-18-11-14/h12-15H,2-11H2,1H3. The van der Waals surface area contributed by atoms with Crippen LogP contribution in [0.5, 0.6) is 0 Å². The van der Waals surface area contributed by atoms with Crippen LogP contribution in [0.4, 0.5) is 0 Å². The Kier molecular flexibility index (Phi) is 4.19. The lowest BCUT2D eigenvalue weighted by atomic mass is 10.0. The Morgan fingerprint density at radius 1 is 0.944 bits per heavy atom. The van der Waals surface area contributed by atoms with Crippen LogP contribution < -0.4 is 5.32 Å². The molecule has 3 heterocycles. The molecule has 4 nitrogen and oxygen atoms in total. The van der Waals surface area contributed by atoms with Gasteiger partial charge in [-0.15, -0.1) is 0 Å². The summed E-state index contributed by atoms with van der Waals surface area (Å²) >= 11 is 0. The van der Waals surface area contributed by atoms with Crippen LogP contribution in [0.15, 0.2) is 0 Å². The van der Waals surface area contributed by atoms with Crippen molar-refractivity contribution in [1.29, 1.82) is 0 Å². The first kappa shape index (κ1) is 12.9. The van der Waals surface area contributed by atoms with Crippen LogP contribution >= 0.6 is 0 Å². The lowest BCUT2D eigenvalue weighted by molar-refractivity contribution is 0.0849. The molecule has 0 spiro atoms. The number of ether oxygens (including phenoxy) is 1. The van der Waals surface area contributed by atoms with Gasteiger partial charge in [-0.2, -0.15) is 0 Å². The van der Waals surface area contributed by atoms with Gasteiger partial charge in [-0.3, -0.25) is 9.80 Å². The molecule has 0 aromatic rings. The SMILES string of the molecule is CNC1CCN(C2CCN(C3CCOC3)CC2)C1. The van der Waals surface area contributed by atoms with Gasteiger partial charge in [0.15, 0.2) is 0 Å². The van der Waals surface area contributed by atoms with Crippen molar-refractivity contribution < 1.29 is 4.74 Å². The van der Waals surface area contributed by atoms with Gasteiger partial charge in [-0.05, 0) is 32.7 Å². The zero-order valence-corrected chi connectivity index (χ0v) is 11.6. The molecule has 0 aromatic carbocycles. The first-order chi connectivity index (χ1) is 8.86. The van der Waals surface area contributed by atoms with E-state index in [4.69, 9.17) is 4.74 Å². The van der Waals surface area contributed by atoms with Gasteiger partial charge in [0.1, 0.15) is 0 Å². The smallest absolute Gasteiger partial charge is 0.0622 e. The van der Waals surface area contributed by atoms with E-state index in [9.17, 15) is 0 Å². The van der Waals surface area contributed by atoms with Crippen molar-refractivity contribution in [1.82, 2.24) is 15.1 Å². The van der Waals surface area contributed by atoms with Gasteiger partial charge in [-0.1, -0.05) is 0 Å². The van der Waals surface area contributed by atoms with E-state index in [1.54, 1.807) is 0 Å². The molecule has 0 saturated carbocycles. The largest absolute Gasteiger partial charge is 0.380 e. The van der Waals surface area contributed by atoms with E-state index < -0.39 is 0 Å². The van der Waals surface area contributed by atoms with Gasteiger partial charge in [0, 0.05) is 50.9 Å². The quantitative estimate of drug-likeness (QED) is 0.794. The maximum absolute atomic E-state index is 5.51. The van der Waals surface area contributed by atoms with E-state index in [2.05, 4.69) is 22.2 Å². The molecule has 18 heavy (non-hydrogen) atoms. The molecule has 3 aliphatic heterocycles. The number of nitrogens with one attached hydrogen (secondary N) is 1. The molecule has 3 saturated heterocycles. The average molecular weight is 253 g/mol. The molecule has 4 heteroatoms. The summed E-state index contributed by atoms with van der Waals surface area (Å²) in [6, 6.07) is 2.28. The molecule has 3 fully saturated rings. The topological polar surface area (TPSA) is 27.7 Å². The van der Waals surface area contributed by atoms with E-state index in [1.807, 2.05) is 0 Å². The van der Waals surface area contributed by atoms with Gasteiger partial charge in [0.05, 0.1) is 6.61 Å². The van der Waals surface area contributed by atoms with E-state index in [-0.39, 0.29) is 0 Å². The highest BCUT2D eigenvalue weighted by atomic mass is 16.5. The van der Waals surface area contributed by atoms with Crippen molar-refractivity contribution in [3.8, 4) is 0 Å². The Hall–Kier alpha value is -0.160. The molecule has 1 N–H and O–H groups in total. The van der Waals surface area contributed by atoms with Gasteiger partial charge in [0.25, 0.3) is 0 Å². The van der Waals surface area contributed by atoms with Crippen LogP contribution in [0, 0.1) is 0 Å². The molecule has 3 aliphatic rings. The highest BCUT2D eigenvalue weighted by Gasteiger charge is 2.32. The van der Waals surface area contributed by atoms with Crippen LogP contribution in [0.25, 0.3) is 0 Å². The summed E-state index contributed by atoms with van der Waals surface area (Å²) in [5.41, 5.74) is 0. The number of likely N-dealkylation sites (N-methyl/N-ethyl adjacent to an activating group) is 1. The van der Waals surface area contributed by atoms with Crippen LogP contribution in [-0.4, -0.2) is 74.4 Å². The van der Waals surface area contributed by atoms with Crippen LogP contribution in [0.1, 0.15) is 25.7 Å². The fourth-order valence-corrected chi connectivity index (χ4v) is 3.78. The average Bonchev–Trinajstić information content (AvgIpc) is 3.10. The molecular weight excluding hydrogens is 226 g/mol. The minimum atomic E-state index is 0.717. The lowest BCUT2D eigenvalue weighted by Crippen LogP contribution is -2.48. The molecular formula is C14H27N3O. The van der Waals surface area contributed by atoms with Gasteiger partial charge < -0.3 is 10.1 Å². The summed E-state index contributed by atoms with van der Waals surface area (Å²) in [7, 11) is 2.09. The summed E-state index contributed by atoms with van der Waals surface area (Å²) < 4.78 is 5.51. The Labute approximate surface area is 111 Å². The molecule has 2 atom stereocenters. The van der Waals surface area contributed by atoms with Gasteiger partial charge in [-0.25, -0.2) is 0 Å². The number of nitrogens with zero attached hydrogens (tertiary/aromatic N) is 2. The Morgan fingerprint density at radius 3 is 2.33 bits per heavy atom. The monoisotopic (exact) mass is 253 g/mol. The minimum Gasteiger partial charge on any atom is -0.380 e. The lowest BCUT2D eigenvalue weighted by Gasteiger charge is -2.39. The molecule has 0 aliphatic carbocycles. The maximum Gasteiger partial charge on any atom is 0.0622 e. The number of likely N-dealkylation sites (tertiary alicyclic amines) is 2. The summed E-state index contributed by atoms with van der Waals surface area (Å²) in [5.74, 6) is 0. The Balaban J connectivity index is 1.45. The predicted molar refractivity (Wildman–Crippen MR) is 72.9 cm³/mol.